The normalized spacial score (nSPS) is 25.8. The van der Waals surface area contributed by atoms with E-state index in [1.807, 2.05) is 0 Å². The van der Waals surface area contributed by atoms with Crippen molar-refractivity contribution in [1.82, 2.24) is 0 Å². The fourth-order valence-electron chi connectivity index (χ4n) is 4.02. The predicted molar refractivity (Wildman–Crippen MR) is 122 cm³/mol. The summed E-state index contributed by atoms with van der Waals surface area (Å²) in [7, 11) is 1.56. The number of benzene rings is 2. The highest BCUT2D eigenvalue weighted by molar-refractivity contribution is 9.12. The first-order chi connectivity index (χ1) is 14.4. The molecule has 2 aromatic rings. The fraction of sp³-hybridized carbons (Fsp3) is 0.318. The van der Waals surface area contributed by atoms with Crippen LogP contribution in [0.25, 0.3) is 0 Å². The number of nitrogens with zero attached hydrogens (tertiary/aromatic N) is 1. The molecule has 0 unspecified atom stereocenters. The molecule has 0 aromatic heterocycles. The number of carbonyl (C=O) groups is 3. The van der Waals surface area contributed by atoms with Crippen molar-refractivity contribution in [3.05, 3.63) is 54.1 Å². The van der Waals surface area contributed by atoms with Crippen LogP contribution >= 0.6 is 31.9 Å². The summed E-state index contributed by atoms with van der Waals surface area (Å²) in [5, 5.41) is 2.81. The lowest BCUT2D eigenvalue weighted by atomic mass is 9.81. The van der Waals surface area contributed by atoms with Gasteiger partial charge in [-0.25, -0.2) is 0 Å². The Morgan fingerprint density at radius 2 is 1.60 bits per heavy atom. The maximum absolute atomic E-state index is 12.9. The third-order valence-corrected chi connectivity index (χ3v) is 8.36. The number of carbonyl (C=O) groups excluding carboxylic acids is 3. The smallest absolute Gasteiger partial charge is 0.255 e. The molecule has 0 spiro atoms. The molecule has 2 aliphatic rings. The first-order valence-electron chi connectivity index (χ1n) is 9.60. The molecule has 4 rings (SSSR count). The van der Waals surface area contributed by atoms with E-state index in [2.05, 4.69) is 37.2 Å². The number of halogens is 2. The van der Waals surface area contributed by atoms with Gasteiger partial charge in [-0.1, -0.05) is 37.9 Å². The van der Waals surface area contributed by atoms with Crippen molar-refractivity contribution in [2.75, 3.05) is 17.3 Å². The minimum atomic E-state index is -0.299. The number of alkyl halides is 2. The van der Waals surface area contributed by atoms with Gasteiger partial charge < -0.3 is 10.1 Å². The van der Waals surface area contributed by atoms with Crippen molar-refractivity contribution in [2.24, 2.45) is 11.8 Å². The summed E-state index contributed by atoms with van der Waals surface area (Å²) in [6.45, 7) is 0. The second-order valence-electron chi connectivity index (χ2n) is 7.46. The van der Waals surface area contributed by atoms with E-state index in [1.54, 1.807) is 55.6 Å². The van der Waals surface area contributed by atoms with E-state index in [9.17, 15) is 14.4 Å². The minimum absolute atomic E-state index is 0.164. The van der Waals surface area contributed by atoms with Crippen molar-refractivity contribution in [3.63, 3.8) is 0 Å². The fourth-order valence-corrected chi connectivity index (χ4v) is 5.25. The third-order valence-electron chi connectivity index (χ3n) is 5.63. The van der Waals surface area contributed by atoms with Gasteiger partial charge in [0.2, 0.25) is 11.8 Å². The SMILES string of the molecule is COc1cccc(NC(=O)c2ccc(N3C(=O)[C@H]4C[C@H](Br)[C@@H](Br)C[C@H]4C3=O)cc2)c1. The number of amides is 3. The number of hydrogen-bond donors (Lipinski definition) is 1. The van der Waals surface area contributed by atoms with E-state index in [4.69, 9.17) is 4.74 Å². The number of ether oxygens (including phenoxy) is 1. The molecular formula is C22H20Br2N2O4. The Bertz CT molecular complexity index is 967. The van der Waals surface area contributed by atoms with E-state index < -0.39 is 0 Å². The number of hydrogen-bond acceptors (Lipinski definition) is 4. The van der Waals surface area contributed by atoms with Gasteiger partial charge in [-0.2, -0.15) is 0 Å². The Labute approximate surface area is 191 Å². The Morgan fingerprint density at radius 3 is 2.17 bits per heavy atom. The lowest BCUT2D eigenvalue weighted by molar-refractivity contribution is -0.122. The summed E-state index contributed by atoms with van der Waals surface area (Å²) in [5.41, 5.74) is 1.54. The minimum Gasteiger partial charge on any atom is -0.497 e. The molecule has 2 aromatic carbocycles. The Morgan fingerprint density at radius 1 is 1.00 bits per heavy atom. The number of rotatable bonds is 4. The predicted octanol–water partition coefficient (Wildman–Crippen LogP) is 4.37. The molecule has 156 valence electrons. The monoisotopic (exact) mass is 534 g/mol. The van der Waals surface area contributed by atoms with Crippen LogP contribution in [0.1, 0.15) is 23.2 Å². The zero-order valence-electron chi connectivity index (χ0n) is 16.2. The van der Waals surface area contributed by atoms with Gasteiger partial charge in [-0.15, -0.1) is 0 Å². The van der Waals surface area contributed by atoms with Gasteiger partial charge >= 0.3 is 0 Å². The second-order valence-corrected chi connectivity index (χ2v) is 9.81. The summed E-state index contributed by atoms with van der Waals surface area (Å²) in [6.07, 6.45) is 1.26. The molecular weight excluding hydrogens is 516 g/mol. The van der Waals surface area contributed by atoms with Crippen LogP contribution in [0.4, 0.5) is 11.4 Å². The maximum atomic E-state index is 12.9. The van der Waals surface area contributed by atoms with Crippen molar-refractivity contribution in [1.29, 1.82) is 0 Å². The van der Waals surface area contributed by atoms with Crippen LogP contribution in [0, 0.1) is 11.8 Å². The Hall–Kier alpha value is -2.19. The van der Waals surface area contributed by atoms with Gasteiger partial charge in [-0.3, -0.25) is 19.3 Å². The van der Waals surface area contributed by atoms with Crippen molar-refractivity contribution < 1.29 is 19.1 Å². The molecule has 1 heterocycles. The van der Waals surface area contributed by atoms with Crippen molar-refractivity contribution >= 4 is 61.0 Å². The topological polar surface area (TPSA) is 75.7 Å². The summed E-state index contributed by atoms with van der Waals surface area (Å²) >= 11 is 7.19. The van der Waals surface area contributed by atoms with Crippen LogP contribution in [0.5, 0.6) is 5.75 Å². The highest BCUT2D eigenvalue weighted by atomic mass is 79.9. The highest BCUT2D eigenvalue weighted by Crippen LogP contribution is 2.44. The van der Waals surface area contributed by atoms with Crippen LogP contribution in [-0.4, -0.2) is 34.5 Å². The first kappa shape index (κ1) is 21.1. The van der Waals surface area contributed by atoms with Gasteiger partial charge in [0.1, 0.15) is 5.75 Å². The van der Waals surface area contributed by atoms with Crippen molar-refractivity contribution in [3.8, 4) is 5.75 Å². The second kappa shape index (κ2) is 8.51. The molecule has 1 saturated carbocycles. The van der Waals surface area contributed by atoms with Gasteiger partial charge in [-0.05, 0) is 49.2 Å². The lowest BCUT2D eigenvalue weighted by Gasteiger charge is -2.29. The first-order valence-corrected chi connectivity index (χ1v) is 11.4. The highest BCUT2D eigenvalue weighted by Gasteiger charge is 2.52. The molecule has 4 atom stereocenters. The summed E-state index contributed by atoms with van der Waals surface area (Å²) in [6, 6.07) is 13.6. The molecule has 30 heavy (non-hydrogen) atoms. The molecule has 1 saturated heterocycles. The Balaban J connectivity index is 1.50. The molecule has 0 radical (unpaired) electrons. The van der Waals surface area contributed by atoms with Gasteiger partial charge in [0.15, 0.2) is 0 Å². The van der Waals surface area contributed by atoms with Crippen LogP contribution in [0.3, 0.4) is 0 Å². The molecule has 8 heteroatoms. The average Bonchev–Trinajstić information content (AvgIpc) is 2.98. The van der Waals surface area contributed by atoms with Crippen LogP contribution in [0.2, 0.25) is 0 Å². The zero-order chi connectivity index (χ0) is 21.4. The molecule has 1 N–H and O–H groups in total. The number of fused-ring (bicyclic) bond motifs is 1. The van der Waals surface area contributed by atoms with Gasteiger partial charge in [0.05, 0.1) is 24.6 Å². The molecule has 1 aliphatic heterocycles. The third kappa shape index (κ3) is 3.90. The van der Waals surface area contributed by atoms with Gasteiger partial charge in [0.25, 0.3) is 5.91 Å². The van der Waals surface area contributed by atoms with Crippen LogP contribution in [-0.2, 0) is 9.59 Å². The molecule has 3 amide bonds. The zero-order valence-corrected chi connectivity index (χ0v) is 19.4. The number of imide groups is 1. The molecule has 0 bridgehead atoms. The largest absolute Gasteiger partial charge is 0.497 e. The molecule has 6 nitrogen and oxygen atoms in total. The van der Waals surface area contributed by atoms with Crippen LogP contribution < -0.4 is 15.0 Å². The number of nitrogens with one attached hydrogen (secondary N) is 1. The maximum Gasteiger partial charge on any atom is 0.255 e. The van der Waals surface area contributed by atoms with Crippen molar-refractivity contribution in [2.45, 2.75) is 22.5 Å². The summed E-state index contributed by atoms with van der Waals surface area (Å²) < 4.78 is 5.16. The number of anilines is 2. The molecule has 1 aliphatic carbocycles. The van der Waals surface area contributed by atoms with E-state index in [0.29, 0.717) is 35.5 Å². The number of methoxy groups -OCH3 is 1. The average molecular weight is 536 g/mol. The lowest BCUT2D eigenvalue weighted by Crippen LogP contribution is -2.34. The van der Waals surface area contributed by atoms with Crippen LogP contribution in [0.15, 0.2) is 48.5 Å². The summed E-state index contributed by atoms with van der Waals surface area (Å²) in [4.78, 5) is 39.9. The summed E-state index contributed by atoms with van der Waals surface area (Å²) in [5.74, 6) is -0.567. The quantitative estimate of drug-likeness (QED) is 0.466. The standard InChI is InChI=1S/C22H20Br2N2O4/c1-30-15-4-2-3-13(9-15)25-20(27)12-5-7-14(8-6-12)26-21(28)16-10-18(23)19(24)11-17(16)22(26)29/h2-9,16-19H,10-11H2,1H3,(H,25,27)/t16-,17+,18-,19-/m0/s1. The van der Waals surface area contributed by atoms with E-state index in [1.165, 1.54) is 4.90 Å². The van der Waals surface area contributed by atoms with Gasteiger partial charge in [0, 0.05) is 27.0 Å². The molecule has 2 fully saturated rings. The van der Waals surface area contributed by atoms with E-state index in [-0.39, 0.29) is 39.2 Å². The Kier molecular flexibility index (Phi) is 5.97. The van der Waals surface area contributed by atoms with E-state index in [0.717, 1.165) is 0 Å². The van der Waals surface area contributed by atoms with E-state index >= 15 is 0 Å².